The van der Waals surface area contributed by atoms with Gasteiger partial charge in [-0.1, -0.05) is 35.2 Å². The molecule has 1 N–H and O–H groups in total. The van der Waals surface area contributed by atoms with E-state index in [1.54, 1.807) is 0 Å². The molecule has 3 heteroatoms. The van der Waals surface area contributed by atoms with E-state index in [1.165, 1.54) is 22.4 Å². The first-order valence-electron chi connectivity index (χ1n) is 3.35. The van der Waals surface area contributed by atoms with Crippen molar-refractivity contribution in [2.24, 2.45) is 0 Å². The van der Waals surface area contributed by atoms with E-state index in [2.05, 4.69) is 22.4 Å². The van der Waals surface area contributed by atoms with E-state index >= 15 is 0 Å². The lowest BCUT2D eigenvalue weighted by Crippen LogP contribution is -2.02. The SMILES string of the molecule is C1=C(c2ccccc2)S[N]N1. The molecule has 1 radical (unpaired) electrons. The van der Waals surface area contributed by atoms with Gasteiger partial charge in [0, 0.05) is 18.1 Å². The second-order valence-corrected chi connectivity index (χ2v) is 2.99. The number of benzene rings is 1. The predicted octanol–water partition coefficient (Wildman–Crippen LogP) is 1.76. The van der Waals surface area contributed by atoms with Gasteiger partial charge in [0.05, 0.1) is 4.91 Å². The van der Waals surface area contributed by atoms with Crippen molar-refractivity contribution in [1.82, 2.24) is 10.3 Å². The molecule has 0 unspecified atom stereocenters. The van der Waals surface area contributed by atoms with Crippen LogP contribution in [0.3, 0.4) is 0 Å². The summed E-state index contributed by atoms with van der Waals surface area (Å²) in [6.45, 7) is 0. The van der Waals surface area contributed by atoms with Crippen LogP contribution in [0, 0.1) is 0 Å². The Bertz CT molecular complexity index is 269. The van der Waals surface area contributed by atoms with Gasteiger partial charge in [-0.05, 0) is 5.56 Å². The van der Waals surface area contributed by atoms with Crippen molar-refractivity contribution >= 4 is 16.9 Å². The number of rotatable bonds is 1. The Morgan fingerprint density at radius 2 is 2.00 bits per heavy atom. The number of hydrogen-bond acceptors (Lipinski definition) is 2. The molecule has 2 nitrogen and oxygen atoms in total. The first-order chi connectivity index (χ1) is 5.47. The standard InChI is InChI=1S/C8H7N2S/c1-2-4-7(5-3-1)8-6-9-10-11-8/h1-6,9H. The first-order valence-corrected chi connectivity index (χ1v) is 4.12. The minimum atomic E-state index is 1.17. The van der Waals surface area contributed by atoms with Gasteiger partial charge in [-0.2, -0.15) is 0 Å². The topological polar surface area (TPSA) is 26.1 Å². The highest BCUT2D eigenvalue weighted by Crippen LogP contribution is 2.26. The molecular formula is C8H7N2S. The van der Waals surface area contributed by atoms with Crippen molar-refractivity contribution in [3.8, 4) is 0 Å². The van der Waals surface area contributed by atoms with Crippen molar-refractivity contribution in [2.75, 3.05) is 0 Å². The molecule has 1 aromatic carbocycles. The lowest BCUT2D eigenvalue weighted by Gasteiger charge is -1.95. The molecule has 55 valence electrons. The first kappa shape index (κ1) is 6.76. The van der Waals surface area contributed by atoms with Crippen LogP contribution in [0.1, 0.15) is 5.56 Å². The molecular weight excluding hydrogens is 156 g/mol. The normalized spacial score (nSPS) is 15.8. The Kier molecular flexibility index (Phi) is 1.83. The van der Waals surface area contributed by atoms with Gasteiger partial charge in [0.2, 0.25) is 0 Å². The average molecular weight is 163 g/mol. The van der Waals surface area contributed by atoms with Gasteiger partial charge in [0.1, 0.15) is 0 Å². The van der Waals surface area contributed by atoms with Crippen LogP contribution in [0.25, 0.3) is 4.91 Å². The van der Waals surface area contributed by atoms with Crippen LogP contribution in [-0.2, 0) is 0 Å². The zero-order chi connectivity index (χ0) is 7.52. The zero-order valence-corrected chi connectivity index (χ0v) is 6.64. The Balaban J connectivity index is 2.29. The summed E-state index contributed by atoms with van der Waals surface area (Å²) in [5.74, 6) is 0. The van der Waals surface area contributed by atoms with Crippen LogP contribution in [0.4, 0.5) is 0 Å². The molecule has 0 saturated carbocycles. The summed E-state index contributed by atoms with van der Waals surface area (Å²) in [6.07, 6.45) is 1.90. The third-order valence-electron chi connectivity index (χ3n) is 1.45. The van der Waals surface area contributed by atoms with E-state index in [0.29, 0.717) is 0 Å². The van der Waals surface area contributed by atoms with E-state index in [-0.39, 0.29) is 0 Å². The molecule has 0 aromatic heterocycles. The fourth-order valence-corrected chi connectivity index (χ4v) is 1.48. The summed E-state index contributed by atoms with van der Waals surface area (Å²) in [7, 11) is 0. The molecule has 2 rings (SSSR count). The largest absolute Gasteiger partial charge is 0.299 e. The van der Waals surface area contributed by atoms with Crippen molar-refractivity contribution in [2.45, 2.75) is 0 Å². The third kappa shape index (κ3) is 1.39. The molecule has 1 aliphatic rings. The molecule has 1 heterocycles. The highest BCUT2D eigenvalue weighted by molar-refractivity contribution is 8.06. The smallest absolute Gasteiger partial charge is 0.0507 e. The van der Waals surface area contributed by atoms with Crippen LogP contribution in [-0.4, -0.2) is 0 Å². The van der Waals surface area contributed by atoms with Gasteiger partial charge in [-0.3, -0.25) is 5.43 Å². The second-order valence-electron chi connectivity index (χ2n) is 2.19. The van der Waals surface area contributed by atoms with Gasteiger partial charge in [-0.15, -0.1) is 0 Å². The Morgan fingerprint density at radius 1 is 1.18 bits per heavy atom. The maximum atomic E-state index is 3.92. The molecule has 0 bridgehead atoms. The number of nitrogens with zero attached hydrogens (tertiary/aromatic N) is 1. The predicted molar refractivity (Wildman–Crippen MR) is 47.3 cm³/mol. The van der Waals surface area contributed by atoms with Crippen molar-refractivity contribution in [1.29, 1.82) is 0 Å². The van der Waals surface area contributed by atoms with E-state index in [9.17, 15) is 0 Å². The summed E-state index contributed by atoms with van der Waals surface area (Å²) in [5, 5.41) is 0. The molecule has 0 saturated heterocycles. The van der Waals surface area contributed by atoms with Crippen LogP contribution in [0.15, 0.2) is 36.5 Å². The Morgan fingerprint density at radius 3 is 2.64 bits per heavy atom. The van der Waals surface area contributed by atoms with Gasteiger partial charge in [0.15, 0.2) is 0 Å². The maximum Gasteiger partial charge on any atom is 0.0507 e. The molecule has 1 aromatic rings. The zero-order valence-electron chi connectivity index (χ0n) is 5.82. The minimum Gasteiger partial charge on any atom is -0.299 e. The van der Waals surface area contributed by atoms with E-state index in [4.69, 9.17) is 0 Å². The van der Waals surface area contributed by atoms with E-state index in [0.717, 1.165) is 0 Å². The minimum absolute atomic E-state index is 1.17. The summed E-state index contributed by atoms with van der Waals surface area (Å²) < 4.78 is 0. The van der Waals surface area contributed by atoms with Crippen LogP contribution >= 0.6 is 11.9 Å². The monoisotopic (exact) mass is 163 g/mol. The van der Waals surface area contributed by atoms with Crippen molar-refractivity contribution in [3.05, 3.63) is 42.1 Å². The molecule has 1 aliphatic heterocycles. The molecule has 0 fully saturated rings. The van der Waals surface area contributed by atoms with Gasteiger partial charge in [-0.25, -0.2) is 0 Å². The Labute approximate surface area is 69.8 Å². The summed E-state index contributed by atoms with van der Waals surface area (Å²) in [5.41, 5.74) is 4.01. The summed E-state index contributed by atoms with van der Waals surface area (Å²) >= 11 is 1.47. The van der Waals surface area contributed by atoms with E-state index in [1.807, 2.05) is 24.4 Å². The van der Waals surface area contributed by atoms with Crippen molar-refractivity contribution in [3.63, 3.8) is 0 Å². The quantitative estimate of drug-likeness (QED) is 0.638. The lowest BCUT2D eigenvalue weighted by molar-refractivity contribution is 0.881. The summed E-state index contributed by atoms with van der Waals surface area (Å²) in [4.78, 5) is 5.09. The van der Waals surface area contributed by atoms with Crippen molar-refractivity contribution < 1.29 is 0 Å². The van der Waals surface area contributed by atoms with Gasteiger partial charge < -0.3 is 0 Å². The average Bonchev–Trinajstić information content (AvgIpc) is 2.58. The maximum absolute atomic E-state index is 3.92. The fraction of sp³-hybridized carbons (Fsp3) is 0. The molecule has 0 atom stereocenters. The number of nitrogens with one attached hydrogen (secondary N) is 1. The fourth-order valence-electron chi connectivity index (χ4n) is 0.925. The third-order valence-corrected chi connectivity index (χ3v) is 2.20. The number of hydrogen-bond donors (Lipinski definition) is 1. The van der Waals surface area contributed by atoms with Crippen LogP contribution in [0.5, 0.6) is 0 Å². The second kappa shape index (κ2) is 2.98. The molecule has 0 aliphatic carbocycles. The van der Waals surface area contributed by atoms with Crippen LogP contribution < -0.4 is 10.3 Å². The molecule has 0 spiro atoms. The van der Waals surface area contributed by atoms with Gasteiger partial charge in [0.25, 0.3) is 0 Å². The van der Waals surface area contributed by atoms with Gasteiger partial charge >= 0.3 is 0 Å². The highest BCUT2D eigenvalue weighted by atomic mass is 32.2. The molecule has 0 amide bonds. The van der Waals surface area contributed by atoms with Crippen LogP contribution in [0.2, 0.25) is 0 Å². The lowest BCUT2D eigenvalue weighted by atomic mass is 10.2. The highest BCUT2D eigenvalue weighted by Gasteiger charge is 2.06. The van der Waals surface area contributed by atoms with E-state index < -0.39 is 0 Å². The molecule has 11 heavy (non-hydrogen) atoms. The Hall–Kier alpha value is -0.930. The summed E-state index contributed by atoms with van der Waals surface area (Å²) in [6, 6.07) is 10.2.